The van der Waals surface area contributed by atoms with Crippen molar-refractivity contribution in [1.29, 1.82) is 5.41 Å². The number of nitrogens with one attached hydrogen (secondary N) is 1. The molecule has 0 spiro atoms. The number of nitrogen functional groups attached to an aromatic ring is 1. The molecule has 3 nitrogen and oxygen atoms in total. The lowest BCUT2D eigenvalue weighted by Gasteiger charge is -2.29. The summed E-state index contributed by atoms with van der Waals surface area (Å²) in [5, 5.41) is 7.63. The number of nitrogens with two attached hydrogens (primary N) is 1. The molecule has 0 amide bonds. The van der Waals surface area contributed by atoms with E-state index in [1.54, 1.807) is 0 Å². The Bertz CT molecular complexity index is 396. The zero-order valence-corrected chi connectivity index (χ0v) is 11.9. The Morgan fingerprint density at radius 2 is 1.83 bits per heavy atom. The van der Waals surface area contributed by atoms with Crippen molar-refractivity contribution < 1.29 is 0 Å². The summed E-state index contributed by atoms with van der Waals surface area (Å²) in [7, 11) is 0. The maximum Gasteiger partial charge on any atom is 0.123 e. The van der Waals surface area contributed by atoms with E-state index in [4.69, 9.17) is 11.1 Å². The third kappa shape index (κ3) is 4.15. The third-order valence-corrected chi connectivity index (χ3v) is 3.01. The van der Waals surface area contributed by atoms with Crippen molar-refractivity contribution in [3.8, 4) is 0 Å². The highest BCUT2D eigenvalue weighted by atomic mass is 15.1. The fourth-order valence-electron chi connectivity index (χ4n) is 2.07. The first kappa shape index (κ1) is 14.7. The number of hydrogen-bond donors (Lipinski definition) is 2. The van der Waals surface area contributed by atoms with Gasteiger partial charge in [0.1, 0.15) is 5.84 Å². The van der Waals surface area contributed by atoms with Gasteiger partial charge in [0, 0.05) is 24.7 Å². The minimum Gasteiger partial charge on any atom is -0.384 e. The second-order valence-electron chi connectivity index (χ2n) is 5.49. The number of amidine groups is 1. The van der Waals surface area contributed by atoms with Crippen LogP contribution in [0.2, 0.25) is 0 Å². The molecular formula is C15H25N3. The normalized spacial score (nSPS) is 11.5. The van der Waals surface area contributed by atoms with Gasteiger partial charge in [0.2, 0.25) is 0 Å². The lowest BCUT2D eigenvalue weighted by molar-refractivity contribution is 0.189. The number of nitrogens with zero attached hydrogens (tertiary/aromatic N) is 1. The Balaban J connectivity index is 2.90. The van der Waals surface area contributed by atoms with Gasteiger partial charge in [-0.2, -0.15) is 0 Å². The SMILES string of the molecule is CC(C)CN(Cc1ccccc1C(=N)N)C(C)C. The van der Waals surface area contributed by atoms with Gasteiger partial charge in [-0.1, -0.05) is 38.1 Å². The minimum absolute atomic E-state index is 0.152. The maximum absolute atomic E-state index is 7.63. The van der Waals surface area contributed by atoms with Crippen molar-refractivity contribution in [3.63, 3.8) is 0 Å². The summed E-state index contributed by atoms with van der Waals surface area (Å²) < 4.78 is 0. The summed E-state index contributed by atoms with van der Waals surface area (Å²) in [6.45, 7) is 10.8. The molecule has 0 aromatic heterocycles. The Kier molecular flexibility index (Phi) is 5.35. The van der Waals surface area contributed by atoms with E-state index in [9.17, 15) is 0 Å². The average Bonchev–Trinajstić information content (AvgIpc) is 2.27. The molecule has 0 heterocycles. The molecule has 0 unspecified atom stereocenters. The molecule has 0 radical (unpaired) electrons. The van der Waals surface area contributed by atoms with Crippen LogP contribution in [0, 0.1) is 11.3 Å². The van der Waals surface area contributed by atoms with Crippen LogP contribution in [0.4, 0.5) is 0 Å². The van der Waals surface area contributed by atoms with Gasteiger partial charge in [0.15, 0.2) is 0 Å². The summed E-state index contributed by atoms with van der Waals surface area (Å²) in [4.78, 5) is 2.42. The van der Waals surface area contributed by atoms with Gasteiger partial charge >= 0.3 is 0 Å². The molecule has 3 heteroatoms. The Morgan fingerprint density at radius 3 is 2.33 bits per heavy atom. The van der Waals surface area contributed by atoms with Gasteiger partial charge < -0.3 is 5.73 Å². The zero-order chi connectivity index (χ0) is 13.7. The topological polar surface area (TPSA) is 53.1 Å². The van der Waals surface area contributed by atoms with Gasteiger partial charge in [-0.15, -0.1) is 0 Å². The molecule has 0 saturated carbocycles. The van der Waals surface area contributed by atoms with E-state index in [0.29, 0.717) is 12.0 Å². The van der Waals surface area contributed by atoms with Crippen molar-refractivity contribution in [2.24, 2.45) is 11.7 Å². The molecule has 100 valence electrons. The predicted molar refractivity (Wildman–Crippen MR) is 77.8 cm³/mol. The maximum atomic E-state index is 7.63. The molecule has 1 rings (SSSR count). The third-order valence-electron chi connectivity index (χ3n) is 3.01. The van der Waals surface area contributed by atoms with Crippen LogP contribution in [0.1, 0.15) is 38.8 Å². The van der Waals surface area contributed by atoms with Crippen LogP contribution in [0.5, 0.6) is 0 Å². The molecule has 0 fully saturated rings. The highest BCUT2D eigenvalue weighted by Crippen LogP contribution is 2.14. The molecule has 1 aromatic rings. The summed E-state index contributed by atoms with van der Waals surface area (Å²) in [5.41, 5.74) is 7.62. The summed E-state index contributed by atoms with van der Waals surface area (Å²) in [6.07, 6.45) is 0. The fourth-order valence-corrected chi connectivity index (χ4v) is 2.07. The van der Waals surface area contributed by atoms with Gasteiger partial charge in [0.25, 0.3) is 0 Å². The van der Waals surface area contributed by atoms with Crippen molar-refractivity contribution in [3.05, 3.63) is 35.4 Å². The van der Waals surface area contributed by atoms with Crippen LogP contribution in [-0.4, -0.2) is 23.3 Å². The second kappa shape index (κ2) is 6.55. The molecule has 3 N–H and O–H groups in total. The smallest absolute Gasteiger partial charge is 0.123 e. The number of benzene rings is 1. The summed E-state index contributed by atoms with van der Waals surface area (Å²) in [6, 6.07) is 8.42. The monoisotopic (exact) mass is 247 g/mol. The van der Waals surface area contributed by atoms with Gasteiger partial charge in [0.05, 0.1) is 0 Å². The zero-order valence-electron chi connectivity index (χ0n) is 11.9. The number of hydrogen-bond acceptors (Lipinski definition) is 2. The van der Waals surface area contributed by atoms with Crippen molar-refractivity contribution in [1.82, 2.24) is 4.90 Å². The van der Waals surface area contributed by atoms with Crippen LogP contribution < -0.4 is 5.73 Å². The largest absolute Gasteiger partial charge is 0.384 e. The molecular weight excluding hydrogens is 222 g/mol. The highest BCUT2D eigenvalue weighted by molar-refractivity contribution is 5.96. The Hall–Kier alpha value is -1.35. The van der Waals surface area contributed by atoms with Gasteiger partial charge in [-0.25, -0.2) is 0 Å². The standard InChI is InChI=1S/C15H25N3/c1-11(2)9-18(12(3)4)10-13-7-5-6-8-14(13)15(16)17/h5-8,11-12H,9-10H2,1-4H3,(H3,16,17). The van der Waals surface area contributed by atoms with Crippen molar-refractivity contribution in [2.75, 3.05) is 6.54 Å². The average molecular weight is 247 g/mol. The van der Waals surface area contributed by atoms with E-state index in [0.717, 1.165) is 24.2 Å². The first-order valence-corrected chi connectivity index (χ1v) is 6.58. The van der Waals surface area contributed by atoms with Gasteiger partial charge in [-0.05, 0) is 25.3 Å². The lowest BCUT2D eigenvalue weighted by atomic mass is 10.0. The molecule has 0 atom stereocenters. The van der Waals surface area contributed by atoms with E-state index < -0.39 is 0 Å². The van der Waals surface area contributed by atoms with E-state index in [1.807, 2.05) is 18.2 Å². The summed E-state index contributed by atoms with van der Waals surface area (Å²) >= 11 is 0. The molecule has 1 aromatic carbocycles. The van der Waals surface area contributed by atoms with E-state index in [1.165, 1.54) is 0 Å². The Labute approximate surface area is 111 Å². The van der Waals surface area contributed by atoms with E-state index >= 15 is 0 Å². The van der Waals surface area contributed by atoms with Crippen molar-refractivity contribution >= 4 is 5.84 Å². The van der Waals surface area contributed by atoms with Crippen LogP contribution in [0.15, 0.2) is 24.3 Å². The number of rotatable bonds is 6. The predicted octanol–water partition coefficient (Wildman–Crippen LogP) is 2.84. The molecule has 0 aliphatic rings. The summed E-state index contributed by atoms with van der Waals surface area (Å²) in [5.74, 6) is 0.788. The van der Waals surface area contributed by atoms with Crippen LogP contribution in [0.25, 0.3) is 0 Å². The van der Waals surface area contributed by atoms with Gasteiger partial charge in [-0.3, -0.25) is 10.3 Å². The fraction of sp³-hybridized carbons (Fsp3) is 0.533. The molecule has 0 bridgehead atoms. The molecule has 18 heavy (non-hydrogen) atoms. The second-order valence-corrected chi connectivity index (χ2v) is 5.49. The lowest BCUT2D eigenvalue weighted by Crippen LogP contribution is -2.34. The van der Waals surface area contributed by atoms with Crippen molar-refractivity contribution in [2.45, 2.75) is 40.3 Å². The van der Waals surface area contributed by atoms with Crippen LogP contribution >= 0.6 is 0 Å². The molecule has 0 aliphatic heterocycles. The minimum atomic E-state index is 0.152. The quantitative estimate of drug-likeness (QED) is 0.600. The first-order valence-electron chi connectivity index (χ1n) is 6.58. The van der Waals surface area contributed by atoms with E-state index in [2.05, 4.69) is 38.7 Å². The van der Waals surface area contributed by atoms with Crippen LogP contribution in [0.3, 0.4) is 0 Å². The Morgan fingerprint density at radius 1 is 1.22 bits per heavy atom. The highest BCUT2D eigenvalue weighted by Gasteiger charge is 2.14. The van der Waals surface area contributed by atoms with E-state index in [-0.39, 0.29) is 5.84 Å². The molecule has 0 aliphatic carbocycles. The molecule has 0 saturated heterocycles. The van der Waals surface area contributed by atoms with Crippen LogP contribution in [-0.2, 0) is 6.54 Å². The first-order chi connectivity index (χ1) is 8.41.